The first-order valence-corrected chi connectivity index (χ1v) is 14.7. The minimum absolute atomic E-state index is 0.0301. The molecule has 2 aromatic heterocycles. The van der Waals surface area contributed by atoms with Crippen LogP contribution in [0.3, 0.4) is 0 Å². The van der Waals surface area contributed by atoms with Crippen molar-refractivity contribution in [3.8, 4) is 0 Å². The maximum atomic E-state index is 13.6. The predicted molar refractivity (Wildman–Crippen MR) is 159 cm³/mol. The number of carbonyl (C=O) groups is 1. The molecular weight excluding hydrogens is 507 g/mol. The van der Waals surface area contributed by atoms with Crippen molar-refractivity contribution < 1.29 is 4.79 Å². The summed E-state index contributed by atoms with van der Waals surface area (Å²) < 4.78 is 2.28. The van der Waals surface area contributed by atoms with E-state index in [0.29, 0.717) is 5.75 Å². The van der Waals surface area contributed by atoms with Crippen LogP contribution in [0.25, 0.3) is 10.9 Å². The lowest BCUT2D eigenvalue weighted by molar-refractivity contribution is -0.130. The lowest BCUT2D eigenvalue weighted by Gasteiger charge is -2.22. The first-order chi connectivity index (χ1) is 18.5. The second-order valence-electron chi connectivity index (χ2n) is 9.81. The smallest absolute Gasteiger partial charge is 0.253 e. The Bertz CT molecular complexity index is 1600. The van der Waals surface area contributed by atoms with Gasteiger partial charge in [0.05, 0.1) is 22.4 Å². The fourth-order valence-corrected chi connectivity index (χ4v) is 6.60. The van der Waals surface area contributed by atoms with E-state index in [0.717, 1.165) is 34.0 Å². The highest BCUT2D eigenvalue weighted by Gasteiger charge is 2.33. The fourth-order valence-electron chi connectivity index (χ4n) is 4.93. The van der Waals surface area contributed by atoms with Crippen molar-refractivity contribution in [2.75, 3.05) is 5.75 Å². The Kier molecular flexibility index (Phi) is 6.92. The molecule has 3 heterocycles. The van der Waals surface area contributed by atoms with Gasteiger partial charge in [0, 0.05) is 35.0 Å². The van der Waals surface area contributed by atoms with Gasteiger partial charge in [-0.15, -0.1) is 23.1 Å². The lowest BCUT2D eigenvalue weighted by atomic mass is 10.00. The molecule has 0 aliphatic carbocycles. The largest absolute Gasteiger partial charge is 0.342 e. The van der Waals surface area contributed by atoms with E-state index in [2.05, 4.69) is 109 Å². The molecule has 0 fully saturated rings. The third-order valence-electron chi connectivity index (χ3n) is 7.01. The summed E-state index contributed by atoms with van der Waals surface area (Å²) in [5.41, 5.74) is 7.02. The van der Waals surface area contributed by atoms with Crippen LogP contribution in [0.1, 0.15) is 39.6 Å². The van der Waals surface area contributed by atoms with Gasteiger partial charge in [-0.25, -0.2) is 5.01 Å². The summed E-state index contributed by atoms with van der Waals surface area (Å²) in [6.07, 6.45) is 2.92. The Hall–Kier alpha value is -3.61. The fraction of sp³-hybridized carbons (Fsp3) is 0.188. The highest BCUT2D eigenvalue weighted by atomic mass is 32.2. The number of carbonyl (C=O) groups excluding carboxylic acids is 1. The van der Waals surface area contributed by atoms with Gasteiger partial charge in [-0.1, -0.05) is 83.9 Å². The second kappa shape index (κ2) is 10.6. The van der Waals surface area contributed by atoms with Crippen molar-refractivity contribution in [1.29, 1.82) is 0 Å². The number of amides is 1. The van der Waals surface area contributed by atoms with Gasteiger partial charge >= 0.3 is 0 Å². The zero-order chi connectivity index (χ0) is 26.1. The van der Waals surface area contributed by atoms with Crippen molar-refractivity contribution in [2.24, 2.45) is 5.10 Å². The van der Waals surface area contributed by atoms with Gasteiger partial charge in [-0.3, -0.25) is 4.79 Å². The zero-order valence-corrected chi connectivity index (χ0v) is 23.1. The summed E-state index contributed by atoms with van der Waals surface area (Å²) in [5.74, 6) is 0.366. The molecule has 1 atom stereocenters. The molecule has 0 bridgehead atoms. The molecule has 1 unspecified atom stereocenters. The minimum Gasteiger partial charge on any atom is -0.342 e. The summed E-state index contributed by atoms with van der Waals surface area (Å²) in [6, 6.07) is 29.6. The van der Waals surface area contributed by atoms with Crippen molar-refractivity contribution >= 4 is 45.6 Å². The average Bonchev–Trinajstić information content (AvgIpc) is 3.69. The number of thioether (sulfide) groups is 1. The average molecular weight is 536 g/mol. The van der Waals surface area contributed by atoms with Gasteiger partial charge in [-0.05, 0) is 42.5 Å². The van der Waals surface area contributed by atoms with Crippen LogP contribution in [0.2, 0.25) is 0 Å². The third-order valence-corrected chi connectivity index (χ3v) is 8.96. The molecule has 1 aliphatic rings. The molecule has 1 aliphatic heterocycles. The number of rotatable bonds is 7. The molecule has 4 nitrogen and oxygen atoms in total. The van der Waals surface area contributed by atoms with Crippen molar-refractivity contribution in [1.82, 2.24) is 9.58 Å². The molecular formula is C32H29N3OS2. The standard InChI is InChI=1S/C32H29N3OS2/c1-22-9-13-24(14-10-22)19-34-20-31(26-6-3-4-7-28(26)34)38-21-32(36)35-29(25-15-11-23(2)12-16-25)18-27(33-35)30-8-5-17-37-30/h3-17,20,29H,18-19,21H2,1-2H3. The van der Waals surface area contributed by atoms with Crippen LogP contribution in [0.15, 0.2) is 107 Å². The molecule has 0 saturated carbocycles. The number of aryl methyl sites for hydroxylation is 2. The summed E-state index contributed by atoms with van der Waals surface area (Å²) in [6.45, 7) is 4.99. The molecule has 38 heavy (non-hydrogen) atoms. The quantitative estimate of drug-likeness (QED) is 0.199. The Morgan fingerprint density at radius 2 is 1.68 bits per heavy atom. The number of hydrogen-bond donors (Lipinski definition) is 0. The zero-order valence-electron chi connectivity index (χ0n) is 21.5. The molecule has 6 heteroatoms. The predicted octanol–water partition coefficient (Wildman–Crippen LogP) is 7.84. The van der Waals surface area contributed by atoms with Gasteiger partial charge in [0.2, 0.25) is 0 Å². The molecule has 5 aromatic rings. The normalized spacial score (nSPS) is 15.3. The summed E-state index contributed by atoms with van der Waals surface area (Å²) >= 11 is 3.27. The van der Waals surface area contributed by atoms with Crippen LogP contribution in [0, 0.1) is 13.8 Å². The van der Waals surface area contributed by atoms with E-state index in [1.807, 2.05) is 6.07 Å². The van der Waals surface area contributed by atoms with Crippen LogP contribution in [0.4, 0.5) is 0 Å². The van der Waals surface area contributed by atoms with Gasteiger partial charge < -0.3 is 4.57 Å². The van der Waals surface area contributed by atoms with E-state index in [1.165, 1.54) is 27.6 Å². The number of fused-ring (bicyclic) bond motifs is 1. The first-order valence-electron chi connectivity index (χ1n) is 12.8. The van der Waals surface area contributed by atoms with Crippen LogP contribution in [-0.2, 0) is 11.3 Å². The van der Waals surface area contributed by atoms with Crippen LogP contribution >= 0.6 is 23.1 Å². The third kappa shape index (κ3) is 5.06. The van der Waals surface area contributed by atoms with Crippen LogP contribution in [-0.4, -0.2) is 26.9 Å². The molecule has 1 amide bonds. The molecule has 0 N–H and O–H groups in total. The number of nitrogens with zero attached hydrogens (tertiary/aromatic N) is 3. The molecule has 0 saturated heterocycles. The monoisotopic (exact) mass is 535 g/mol. The first kappa shape index (κ1) is 24.7. The Morgan fingerprint density at radius 1 is 0.947 bits per heavy atom. The molecule has 6 rings (SSSR count). The Labute approximate surface area is 231 Å². The highest BCUT2D eigenvalue weighted by molar-refractivity contribution is 8.00. The number of para-hydroxylation sites is 1. The Balaban J connectivity index is 1.24. The van der Waals surface area contributed by atoms with Gasteiger partial charge in [0.1, 0.15) is 0 Å². The van der Waals surface area contributed by atoms with Gasteiger partial charge in [0.15, 0.2) is 0 Å². The number of hydrogen-bond acceptors (Lipinski definition) is 4. The molecule has 0 radical (unpaired) electrons. The van der Waals surface area contributed by atoms with Crippen molar-refractivity contribution in [2.45, 2.75) is 37.8 Å². The van der Waals surface area contributed by atoms with Gasteiger partial charge in [0.25, 0.3) is 5.91 Å². The van der Waals surface area contributed by atoms with E-state index < -0.39 is 0 Å². The van der Waals surface area contributed by atoms with E-state index in [-0.39, 0.29) is 11.9 Å². The summed E-state index contributed by atoms with van der Waals surface area (Å²) in [5, 5.41) is 9.80. The van der Waals surface area contributed by atoms with E-state index in [9.17, 15) is 4.79 Å². The Morgan fingerprint density at radius 3 is 2.42 bits per heavy atom. The number of benzene rings is 3. The SMILES string of the molecule is Cc1ccc(Cn2cc(SCC(=O)N3N=C(c4cccs4)CC3c3ccc(C)cc3)c3ccccc32)cc1. The van der Waals surface area contributed by atoms with Gasteiger partial charge in [-0.2, -0.15) is 5.10 Å². The molecule has 3 aromatic carbocycles. The summed E-state index contributed by atoms with van der Waals surface area (Å²) in [7, 11) is 0. The maximum Gasteiger partial charge on any atom is 0.253 e. The lowest BCUT2D eigenvalue weighted by Crippen LogP contribution is -2.28. The number of hydrazone groups is 1. The van der Waals surface area contributed by atoms with E-state index in [1.54, 1.807) is 28.1 Å². The maximum absolute atomic E-state index is 13.6. The van der Waals surface area contributed by atoms with Crippen LogP contribution < -0.4 is 0 Å². The van der Waals surface area contributed by atoms with E-state index in [4.69, 9.17) is 5.10 Å². The van der Waals surface area contributed by atoms with Crippen molar-refractivity contribution in [3.63, 3.8) is 0 Å². The molecule has 190 valence electrons. The topological polar surface area (TPSA) is 37.6 Å². The highest BCUT2D eigenvalue weighted by Crippen LogP contribution is 2.36. The number of aromatic nitrogens is 1. The van der Waals surface area contributed by atoms with E-state index >= 15 is 0 Å². The van der Waals surface area contributed by atoms with Crippen molar-refractivity contribution in [3.05, 3.63) is 124 Å². The van der Waals surface area contributed by atoms with Crippen LogP contribution in [0.5, 0.6) is 0 Å². The minimum atomic E-state index is -0.0799. The second-order valence-corrected chi connectivity index (χ2v) is 11.8. The summed E-state index contributed by atoms with van der Waals surface area (Å²) in [4.78, 5) is 15.9. The molecule has 0 spiro atoms. The number of thiophene rings is 1.